The first kappa shape index (κ1) is 17.8. The first-order valence-electron chi connectivity index (χ1n) is 9.72. The zero-order valence-corrected chi connectivity index (χ0v) is 15.9. The minimum absolute atomic E-state index is 0.0651. The summed E-state index contributed by atoms with van der Waals surface area (Å²) in [6.07, 6.45) is 4.01. The number of rotatable bonds is 6. The van der Waals surface area contributed by atoms with Crippen LogP contribution in [0.5, 0.6) is 0 Å². The molecule has 2 heterocycles. The van der Waals surface area contributed by atoms with Gasteiger partial charge in [0.2, 0.25) is 11.8 Å². The third-order valence-corrected chi connectivity index (χ3v) is 5.62. The van der Waals surface area contributed by atoms with Gasteiger partial charge in [0.15, 0.2) is 0 Å². The van der Waals surface area contributed by atoms with E-state index in [1.54, 1.807) is 6.26 Å². The lowest BCUT2D eigenvalue weighted by molar-refractivity contribution is -0.139. The van der Waals surface area contributed by atoms with Crippen LogP contribution in [0.3, 0.4) is 0 Å². The van der Waals surface area contributed by atoms with Crippen LogP contribution in [-0.2, 0) is 16.1 Å². The molecule has 2 aromatic rings. The third kappa shape index (κ3) is 3.77. The van der Waals surface area contributed by atoms with Crippen molar-refractivity contribution in [3.63, 3.8) is 0 Å². The van der Waals surface area contributed by atoms with E-state index in [1.807, 2.05) is 47.9 Å². The van der Waals surface area contributed by atoms with Gasteiger partial charge in [0.05, 0.1) is 18.2 Å². The van der Waals surface area contributed by atoms with E-state index in [9.17, 15) is 9.59 Å². The highest BCUT2D eigenvalue weighted by Crippen LogP contribution is 2.37. The molecular formula is C22H26N2O3. The SMILES string of the molecule is Cc1ccc(CN2CC(C(=O)N(C3CC3)C(C)c3ccco3)CC2=O)cc1. The molecule has 27 heavy (non-hydrogen) atoms. The van der Waals surface area contributed by atoms with Crippen molar-refractivity contribution < 1.29 is 14.0 Å². The Kier molecular flexibility index (Phi) is 4.77. The molecule has 5 nitrogen and oxygen atoms in total. The summed E-state index contributed by atoms with van der Waals surface area (Å²) in [5, 5.41) is 0. The maximum atomic E-state index is 13.3. The van der Waals surface area contributed by atoms with Crippen molar-refractivity contribution in [2.75, 3.05) is 6.54 Å². The Morgan fingerprint density at radius 1 is 1.26 bits per heavy atom. The number of likely N-dealkylation sites (tertiary alicyclic amines) is 1. The third-order valence-electron chi connectivity index (χ3n) is 5.62. The van der Waals surface area contributed by atoms with Crippen molar-refractivity contribution in [3.05, 3.63) is 59.5 Å². The summed E-state index contributed by atoms with van der Waals surface area (Å²) in [4.78, 5) is 29.5. The van der Waals surface area contributed by atoms with Crippen LogP contribution in [0.1, 0.15) is 49.1 Å². The number of carbonyl (C=O) groups excluding carboxylic acids is 2. The number of hydrogen-bond acceptors (Lipinski definition) is 3. The van der Waals surface area contributed by atoms with Gasteiger partial charge in [-0.05, 0) is 44.4 Å². The monoisotopic (exact) mass is 366 g/mol. The normalized spacial score (nSPS) is 20.7. The molecule has 142 valence electrons. The van der Waals surface area contributed by atoms with Gasteiger partial charge in [-0.3, -0.25) is 9.59 Å². The molecular weight excluding hydrogens is 340 g/mol. The Morgan fingerprint density at radius 2 is 2.00 bits per heavy atom. The van der Waals surface area contributed by atoms with Crippen LogP contribution < -0.4 is 0 Å². The Hall–Kier alpha value is -2.56. The van der Waals surface area contributed by atoms with Crippen LogP contribution in [0.25, 0.3) is 0 Å². The summed E-state index contributed by atoms with van der Waals surface area (Å²) in [6.45, 7) is 5.13. The van der Waals surface area contributed by atoms with Crippen LogP contribution in [-0.4, -0.2) is 34.2 Å². The lowest BCUT2D eigenvalue weighted by Crippen LogP contribution is -2.40. The molecule has 0 N–H and O–H groups in total. The van der Waals surface area contributed by atoms with Crippen LogP contribution in [0, 0.1) is 12.8 Å². The van der Waals surface area contributed by atoms with E-state index in [4.69, 9.17) is 4.42 Å². The minimum atomic E-state index is -0.263. The summed E-state index contributed by atoms with van der Waals surface area (Å²) in [7, 11) is 0. The molecule has 1 aromatic carbocycles. The van der Waals surface area contributed by atoms with E-state index in [2.05, 4.69) is 12.1 Å². The Bertz CT molecular complexity index is 809. The van der Waals surface area contributed by atoms with Gasteiger partial charge in [0.1, 0.15) is 5.76 Å². The van der Waals surface area contributed by atoms with E-state index in [1.165, 1.54) is 5.56 Å². The molecule has 0 bridgehead atoms. The molecule has 1 aromatic heterocycles. The molecule has 0 spiro atoms. The molecule has 0 radical (unpaired) electrons. The van der Waals surface area contributed by atoms with E-state index < -0.39 is 0 Å². The predicted octanol–water partition coefficient (Wildman–Crippen LogP) is 3.69. The highest BCUT2D eigenvalue weighted by molar-refractivity contribution is 5.89. The number of hydrogen-bond donors (Lipinski definition) is 0. The molecule has 1 saturated carbocycles. The number of furan rings is 1. The molecule has 4 rings (SSSR count). The molecule has 2 atom stereocenters. The quantitative estimate of drug-likeness (QED) is 0.783. The van der Waals surface area contributed by atoms with E-state index in [0.717, 1.165) is 24.2 Å². The van der Waals surface area contributed by atoms with Gasteiger partial charge in [-0.25, -0.2) is 0 Å². The van der Waals surface area contributed by atoms with E-state index in [0.29, 0.717) is 19.5 Å². The molecule has 2 aliphatic rings. The molecule has 5 heteroatoms. The van der Waals surface area contributed by atoms with Gasteiger partial charge in [-0.2, -0.15) is 0 Å². The zero-order chi connectivity index (χ0) is 19.0. The first-order chi connectivity index (χ1) is 13.0. The second kappa shape index (κ2) is 7.22. The van der Waals surface area contributed by atoms with Crippen molar-refractivity contribution >= 4 is 11.8 Å². The van der Waals surface area contributed by atoms with Crippen LogP contribution >= 0.6 is 0 Å². The van der Waals surface area contributed by atoms with Gasteiger partial charge >= 0.3 is 0 Å². The lowest BCUT2D eigenvalue weighted by Gasteiger charge is -2.30. The number of nitrogens with zero attached hydrogens (tertiary/aromatic N) is 2. The molecule has 1 aliphatic carbocycles. The number of benzene rings is 1. The van der Waals surface area contributed by atoms with Crippen molar-refractivity contribution in [1.29, 1.82) is 0 Å². The lowest BCUT2D eigenvalue weighted by atomic mass is 10.0. The maximum Gasteiger partial charge on any atom is 0.228 e. The standard InChI is InChI=1S/C22H26N2O3/c1-15-5-7-17(8-6-15)13-23-14-18(12-21(23)25)22(26)24(19-9-10-19)16(2)20-4-3-11-27-20/h3-8,11,16,18-19H,9-10,12-14H2,1-2H3. The molecule has 2 unspecified atom stereocenters. The van der Waals surface area contributed by atoms with Gasteiger partial charge in [-0.1, -0.05) is 29.8 Å². The van der Waals surface area contributed by atoms with Crippen molar-refractivity contribution in [2.24, 2.45) is 5.92 Å². The largest absolute Gasteiger partial charge is 0.467 e. The van der Waals surface area contributed by atoms with Crippen molar-refractivity contribution in [2.45, 2.75) is 51.7 Å². The topological polar surface area (TPSA) is 53.8 Å². The second-order valence-electron chi connectivity index (χ2n) is 7.83. The zero-order valence-electron chi connectivity index (χ0n) is 15.9. The fourth-order valence-electron chi connectivity index (χ4n) is 3.92. The van der Waals surface area contributed by atoms with E-state index >= 15 is 0 Å². The van der Waals surface area contributed by atoms with E-state index in [-0.39, 0.29) is 29.8 Å². The van der Waals surface area contributed by atoms with Gasteiger partial charge in [0, 0.05) is 25.6 Å². The maximum absolute atomic E-state index is 13.3. The van der Waals surface area contributed by atoms with Crippen LogP contribution in [0.2, 0.25) is 0 Å². The van der Waals surface area contributed by atoms with Gasteiger partial charge < -0.3 is 14.2 Å². The minimum Gasteiger partial charge on any atom is -0.467 e. The highest BCUT2D eigenvalue weighted by Gasteiger charge is 2.43. The van der Waals surface area contributed by atoms with Crippen molar-refractivity contribution in [1.82, 2.24) is 9.80 Å². The fourth-order valence-corrected chi connectivity index (χ4v) is 3.92. The van der Waals surface area contributed by atoms with Crippen LogP contribution in [0.15, 0.2) is 47.1 Å². The van der Waals surface area contributed by atoms with Crippen LogP contribution in [0.4, 0.5) is 0 Å². The van der Waals surface area contributed by atoms with Gasteiger partial charge in [-0.15, -0.1) is 0 Å². The number of carbonyl (C=O) groups is 2. The summed E-state index contributed by atoms with van der Waals surface area (Å²) < 4.78 is 5.53. The fraction of sp³-hybridized carbons (Fsp3) is 0.455. The molecule has 1 saturated heterocycles. The van der Waals surface area contributed by atoms with Crippen molar-refractivity contribution in [3.8, 4) is 0 Å². The molecule has 2 fully saturated rings. The first-order valence-corrected chi connectivity index (χ1v) is 9.72. The summed E-state index contributed by atoms with van der Waals surface area (Å²) >= 11 is 0. The summed E-state index contributed by atoms with van der Waals surface area (Å²) in [5.74, 6) is 0.688. The molecule has 2 amide bonds. The molecule has 1 aliphatic heterocycles. The smallest absolute Gasteiger partial charge is 0.228 e. The average molecular weight is 366 g/mol. The number of aryl methyl sites for hydroxylation is 1. The summed E-state index contributed by atoms with van der Waals surface area (Å²) in [6, 6.07) is 12.2. The number of amides is 2. The predicted molar refractivity (Wildman–Crippen MR) is 102 cm³/mol. The summed E-state index contributed by atoms with van der Waals surface area (Å²) in [5.41, 5.74) is 2.30. The average Bonchev–Trinajstić information content (AvgIpc) is 3.19. The second-order valence-corrected chi connectivity index (χ2v) is 7.83. The Morgan fingerprint density at radius 3 is 2.63 bits per heavy atom. The van der Waals surface area contributed by atoms with Gasteiger partial charge in [0.25, 0.3) is 0 Å². The Balaban J connectivity index is 1.45. The highest BCUT2D eigenvalue weighted by atomic mass is 16.3. The Labute approximate surface area is 159 Å².